The van der Waals surface area contributed by atoms with Gasteiger partial charge < -0.3 is 24.4 Å². The molecule has 0 unspecified atom stereocenters. The van der Waals surface area contributed by atoms with Gasteiger partial charge in [-0.3, -0.25) is 9.59 Å². The fourth-order valence-corrected chi connectivity index (χ4v) is 3.25. The Morgan fingerprint density at radius 3 is 2.67 bits per heavy atom. The van der Waals surface area contributed by atoms with Crippen molar-refractivity contribution < 1.29 is 23.8 Å². The first-order valence-corrected chi connectivity index (χ1v) is 9.98. The van der Waals surface area contributed by atoms with E-state index in [1.807, 2.05) is 13.8 Å². The molecule has 0 spiro atoms. The van der Waals surface area contributed by atoms with Crippen molar-refractivity contribution in [2.24, 2.45) is 0 Å². The number of methoxy groups -OCH3 is 1. The van der Waals surface area contributed by atoms with Gasteiger partial charge in [-0.1, -0.05) is 5.21 Å². The third-order valence-electron chi connectivity index (χ3n) is 4.61. The van der Waals surface area contributed by atoms with Gasteiger partial charge in [0.2, 0.25) is 5.91 Å². The van der Waals surface area contributed by atoms with E-state index in [1.54, 1.807) is 30.2 Å². The molecule has 3 rings (SSSR count). The molecule has 0 bridgehead atoms. The standard InChI is InChI=1S/C20H27N5O5/c1-4-29-19(30-5-2)13-24-12-15(22-23-24)20(27)21-14-8-9-17(28-3)16(11-14)25-10-6-7-18(25)26/h8-9,11-12,19H,4-7,10,13H2,1-3H3,(H,21,27). The molecule has 0 saturated carbocycles. The average molecular weight is 417 g/mol. The molecule has 1 aliphatic heterocycles. The van der Waals surface area contributed by atoms with Gasteiger partial charge in [0.25, 0.3) is 5.91 Å². The summed E-state index contributed by atoms with van der Waals surface area (Å²) in [5, 5.41) is 10.7. The summed E-state index contributed by atoms with van der Waals surface area (Å²) in [5.74, 6) is 0.208. The van der Waals surface area contributed by atoms with Crippen molar-refractivity contribution in [1.82, 2.24) is 15.0 Å². The lowest BCUT2D eigenvalue weighted by Crippen LogP contribution is -2.24. The molecule has 1 N–H and O–H groups in total. The highest BCUT2D eigenvalue weighted by Gasteiger charge is 2.25. The van der Waals surface area contributed by atoms with Crippen LogP contribution in [0.1, 0.15) is 37.2 Å². The quantitative estimate of drug-likeness (QED) is 0.590. The summed E-state index contributed by atoms with van der Waals surface area (Å²) in [5.41, 5.74) is 1.33. The minimum Gasteiger partial charge on any atom is -0.495 e. The van der Waals surface area contributed by atoms with Crippen LogP contribution in [-0.2, 0) is 20.8 Å². The number of hydrogen-bond acceptors (Lipinski definition) is 7. The molecule has 2 heterocycles. The second-order valence-electron chi connectivity index (χ2n) is 6.66. The van der Waals surface area contributed by atoms with Gasteiger partial charge in [0, 0.05) is 31.9 Å². The van der Waals surface area contributed by atoms with E-state index in [0.29, 0.717) is 49.8 Å². The number of ether oxygens (including phenoxy) is 3. The van der Waals surface area contributed by atoms with Crippen molar-refractivity contribution in [1.29, 1.82) is 0 Å². The number of benzene rings is 1. The molecule has 0 aliphatic carbocycles. The number of amides is 2. The van der Waals surface area contributed by atoms with Crippen molar-refractivity contribution in [2.75, 3.05) is 37.1 Å². The summed E-state index contributed by atoms with van der Waals surface area (Å²) in [6.45, 7) is 5.72. The van der Waals surface area contributed by atoms with Crippen LogP contribution in [0.15, 0.2) is 24.4 Å². The molecule has 30 heavy (non-hydrogen) atoms. The maximum Gasteiger partial charge on any atom is 0.277 e. The van der Waals surface area contributed by atoms with E-state index in [2.05, 4.69) is 15.6 Å². The summed E-state index contributed by atoms with van der Waals surface area (Å²) < 4.78 is 17.9. The van der Waals surface area contributed by atoms with Gasteiger partial charge in [0.15, 0.2) is 12.0 Å². The Balaban J connectivity index is 1.70. The van der Waals surface area contributed by atoms with Crippen LogP contribution in [0.5, 0.6) is 5.75 Å². The lowest BCUT2D eigenvalue weighted by molar-refractivity contribution is -0.145. The van der Waals surface area contributed by atoms with Crippen molar-refractivity contribution in [3.8, 4) is 5.75 Å². The molecule has 162 valence electrons. The van der Waals surface area contributed by atoms with Gasteiger partial charge in [-0.05, 0) is 38.5 Å². The second-order valence-corrected chi connectivity index (χ2v) is 6.66. The zero-order valence-corrected chi connectivity index (χ0v) is 17.5. The SMILES string of the molecule is CCOC(Cn1cc(C(=O)Nc2ccc(OC)c(N3CCCC3=O)c2)nn1)OCC. The number of nitrogens with one attached hydrogen (secondary N) is 1. The highest BCUT2D eigenvalue weighted by Crippen LogP contribution is 2.34. The Kier molecular flexibility index (Phi) is 7.36. The monoisotopic (exact) mass is 417 g/mol. The fourth-order valence-electron chi connectivity index (χ4n) is 3.25. The lowest BCUT2D eigenvalue weighted by Gasteiger charge is -2.20. The van der Waals surface area contributed by atoms with Crippen molar-refractivity contribution in [2.45, 2.75) is 39.5 Å². The van der Waals surface area contributed by atoms with Crippen LogP contribution in [0, 0.1) is 0 Å². The highest BCUT2D eigenvalue weighted by atomic mass is 16.7. The van der Waals surface area contributed by atoms with E-state index in [9.17, 15) is 9.59 Å². The zero-order valence-electron chi connectivity index (χ0n) is 17.5. The third kappa shape index (κ3) is 5.14. The van der Waals surface area contributed by atoms with Crippen molar-refractivity contribution >= 4 is 23.2 Å². The molecule has 1 saturated heterocycles. The molecule has 10 nitrogen and oxygen atoms in total. The first kappa shape index (κ1) is 21.7. The van der Waals surface area contributed by atoms with E-state index in [1.165, 1.54) is 10.9 Å². The van der Waals surface area contributed by atoms with E-state index in [4.69, 9.17) is 14.2 Å². The largest absolute Gasteiger partial charge is 0.495 e. The Hall–Kier alpha value is -2.98. The molecule has 2 aromatic rings. The summed E-state index contributed by atoms with van der Waals surface area (Å²) in [4.78, 5) is 26.4. The lowest BCUT2D eigenvalue weighted by atomic mass is 10.2. The van der Waals surface area contributed by atoms with Crippen LogP contribution in [0.4, 0.5) is 11.4 Å². The van der Waals surface area contributed by atoms with Gasteiger partial charge in [0.05, 0.1) is 25.5 Å². The highest BCUT2D eigenvalue weighted by molar-refractivity contribution is 6.03. The van der Waals surface area contributed by atoms with E-state index < -0.39 is 12.2 Å². The van der Waals surface area contributed by atoms with Gasteiger partial charge in [-0.25, -0.2) is 4.68 Å². The molecular weight excluding hydrogens is 390 g/mol. The number of rotatable bonds is 10. The topological polar surface area (TPSA) is 108 Å². The van der Waals surface area contributed by atoms with Gasteiger partial charge in [0.1, 0.15) is 5.75 Å². The Labute approximate surface area is 175 Å². The Morgan fingerprint density at radius 2 is 2.03 bits per heavy atom. The molecule has 1 aromatic heterocycles. The van der Waals surface area contributed by atoms with Crippen LogP contribution in [0.3, 0.4) is 0 Å². The smallest absolute Gasteiger partial charge is 0.277 e. The summed E-state index contributed by atoms with van der Waals surface area (Å²) in [6.07, 6.45) is 2.38. The predicted octanol–water partition coefficient (Wildman–Crippen LogP) is 2.06. The van der Waals surface area contributed by atoms with Crippen LogP contribution < -0.4 is 15.0 Å². The Bertz CT molecular complexity index is 878. The molecule has 1 aliphatic rings. The number of aromatic nitrogens is 3. The van der Waals surface area contributed by atoms with E-state index in [-0.39, 0.29) is 11.6 Å². The van der Waals surface area contributed by atoms with Gasteiger partial charge >= 0.3 is 0 Å². The van der Waals surface area contributed by atoms with Gasteiger partial charge in [-0.15, -0.1) is 5.10 Å². The summed E-state index contributed by atoms with van der Waals surface area (Å²) >= 11 is 0. The first-order valence-electron chi connectivity index (χ1n) is 9.98. The molecule has 10 heteroatoms. The molecule has 0 atom stereocenters. The maximum atomic E-state index is 12.6. The molecular formula is C20H27N5O5. The number of carbonyl (C=O) groups is 2. The van der Waals surface area contributed by atoms with Crippen LogP contribution in [-0.4, -0.2) is 60.0 Å². The number of hydrogen-bond donors (Lipinski definition) is 1. The first-order chi connectivity index (χ1) is 14.5. The van der Waals surface area contributed by atoms with Crippen LogP contribution >= 0.6 is 0 Å². The fraction of sp³-hybridized carbons (Fsp3) is 0.500. The minimum atomic E-state index is -0.459. The predicted molar refractivity (Wildman–Crippen MR) is 110 cm³/mol. The van der Waals surface area contributed by atoms with Crippen molar-refractivity contribution in [3.05, 3.63) is 30.1 Å². The minimum absolute atomic E-state index is 0.0397. The Morgan fingerprint density at radius 1 is 1.27 bits per heavy atom. The second kappa shape index (κ2) is 10.2. The van der Waals surface area contributed by atoms with Crippen molar-refractivity contribution in [3.63, 3.8) is 0 Å². The van der Waals surface area contributed by atoms with E-state index in [0.717, 1.165) is 6.42 Å². The average Bonchev–Trinajstić information content (AvgIpc) is 3.37. The summed E-state index contributed by atoms with van der Waals surface area (Å²) in [6, 6.07) is 5.16. The number of carbonyl (C=O) groups excluding carboxylic acids is 2. The summed E-state index contributed by atoms with van der Waals surface area (Å²) in [7, 11) is 1.55. The van der Waals surface area contributed by atoms with E-state index >= 15 is 0 Å². The molecule has 1 aromatic carbocycles. The number of nitrogens with zero attached hydrogens (tertiary/aromatic N) is 4. The molecule has 1 fully saturated rings. The normalized spacial score (nSPS) is 13.9. The van der Waals surface area contributed by atoms with Crippen LogP contribution in [0.25, 0.3) is 0 Å². The number of anilines is 2. The molecule has 2 amide bonds. The maximum absolute atomic E-state index is 12.6. The third-order valence-corrected chi connectivity index (χ3v) is 4.61. The molecule has 0 radical (unpaired) electrons. The zero-order chi connectivity index (χ0) is 21.5. The van der Waals surface area contributed by atoms with Crippen LogP contribution in [0.2, 0.25) is 0 Å². The van der Waals surface area contributed by atoms with Gasteiger partial charge in [-0.2, -0.15) is 0 Å².